The third-order valence-electron chi connectivity index (χ3n) is 1.57. The first-order chi connectivity index (χ1) is 6.26. The molecule has 1 aromatic rings. The van der Waals surface area contributed by atoms with Gasteiger partial charge in [0.15, 0.2) is 0 Å². The van der Waals surface area contributed by atoms with Gasteiger partial charge in [-0.1, -0.05) is 6.08 Å². The van der Waals surface area contributed by atoms with Crippen LogP contribution in [-0.2, 0) is 0 Å². The third kappa shape index (κ3) is 3.06. The van der Waals surface area contributed by atoms with Crippen LogP contribution in [0.1, 0.15) is 6.92 Å². The van der Waals surface area contributed by atoms with Crippen LogP contribution in [0.4, 0.5) is 5.95 Å². The number of thioether (sulfide) groups is 1. The van der Waals surface area contributed by atoms with Crippen molar-refractivity contribution in [1.29, 1.82) is 0 Å². The maximum absolute atomic E-state index is 4.15. The van der Waals surface area contributed by atoms with Gasteiger partial charge in [0.05, 0.1) is 0 Å². The minimum atomic E-state index is 0.195. The Morgan fingerprint density at radius 3 is 2.62 bits per heavy atom. The minimum Gasteiger partial charge on any atom is -0.348 e. The maximum atomic E-state index is 4.15. The summed E-state index contributed by atoms with van der Waals surface area (Å²) in [5.41, 5.74) is 0. The lowest BCUT2D eigenvalue weighted by atomic mass is 10.3. The molecule has 0 aromatic carbocycles. The maximum Gasteiger partial charge on any atom is 0.223 e. The molecule has 13 heavy (non-hydrogen) atoms. The summed E-state index contributed by atoms with van der Waals surface area (Å²) in [6.45, 7) is 5.67. The summed E-state index contributed by atoms with van der Waals surface area (Å²) in [6, 6.07) is 0.195. The summed E-state index contributed by atoms with van der Waals surface area (Å²) in [5.74, 6) is 0.644. The van der Waals surface area contributed by atoms with Crippen LogP contribution in [0.2, 0.25) is 0 Å². The number of hydrogen-bond donors (Lipinski definition) is 1. The topological polar surface area (TPSA) is 37.8 Å². The molecule has 0 aliphatic heterocycles. The van der Waals surface area contributed by atoms with Gasteiger partial charge in [-0.15, -0.1) is 18.3 Å². The Kier molecular flexibility index (Phi) is 3.76. The molecule has 0 fully saturated rings. The molecule has 0 aliphatic carbocycles. The molecule has 1 heterocycles. The molecule has 0 saturated heterocycles. The van der Waals surface area contributed by atoms with Crippen molar-refractivity contribution in [3.63, 3.8) is 0 Å². The van der Waals surface area contributed by atoms with Gasteiger partial charge in [0.25, 0.3) is 0 Å². The molecule has 1 N–H and O–H groups in total. The normalized spacial score (nSPS) is 12.2. The summed E-state index contributed by atoms with van der Waals surface area (Å²) in [6.07, 6.45) is 7.41. The van der Waals surface area contributed by atoms with Crippen LogP contribution in [0.5, 0.6) is 0 Å². The van der Waals surface area contributed by atoms with Crippen molar-refractivity contribution in [2.75, 3.05) is 11.6 Å². The molecule has 0 amide bonds. The number of nitrogens with one attached hydrogen (secondary N) is 1. The summed E-state index contributed by atoms with van der Waals surface area (Å²) >= 11 is 1.63. The molecule has 0 spiro atoms. The van der Waals surface area contributed by atoms with E-state index in [0.717, 1.165) is 4.90 Å². The van der Waals surface area contributed by atoms with Gasteiger partial charge in [0, 0.05) is 23.3 Å². The lowest BCUT2D eigenvalue weighted by molar-refractivity contribution is 0.948. The summed E-state index contributed by atoms with van der Waals surface area (Å²) < 4.78 is 0. The average molecular weight is 195 g/mol. The third-order valence-corrected chi connectivity index (χ3v) is 2.26. The Hall–Kier alpha value is -1.03. The molecular formula is C9H13N3S. The van der Waals surface area contributed by atoms with E-state index < -0.39 is 0 Å². The number of anilines is 1. The average Bonchev–Trinajstić information content (AvgIpc) is 2.19. The first-order valence-corrected chi connectivity index (χ1v) is 5.24. The SMILES string of the molecule is C=CC(C)Nc1ncc(SC)cn1. The first-order valence-electron chi connectivity index (χ1n) is 4.01. The van der Waals surface area contributed by atoms with Crippen molar-refractivity contribution >= 4 is 17.7 Å². The number of nitrogens with zero attached hydrogens (tertiary/aromatic N) is 2. The standard InChI is InChI=1S/C9H13N3S/c1-4-7(2)12-9-10-5-8(13-3)6-11-9/h4-7H,1H2,2-3H3,(H,10,11,12). The second kappa shape index (κ2) is 4.87. The van der Waals surface area contributed by atoms with Crippen molar-refractivity contribution < 1.29 is 0 Å². The van der Waals surface area contributed by atoms with Crippen molar-refractivity contribution in [3.05, 3.63) is 25.0 Å². The molecule has 0 aliphatic rings. The van der Waals surface area contributed by atoms with E-state index in [0.29, 0.717) is 5.95 Å². The molecule has 4 heteroatoms. The minimum absolute atomic E-state index is 0.195. The molecule has 0 bridgehead atoms. The van der Waals surface area contributed by atoms with Gasteiger partial charge in [0.2, 0.25) is 5.95 Å². The molecule has 0 saturated carbocycles. The highest BCUT2D eigenvalue weighted by atomic mass is 32.2. The Morgan fingerprint density at radius 2 is 2.15 bits per heavy atom. The quantitative estimate of drug-likeness (QED) is 0.590. The zero-order chi connectivity index (χ0) is 9.68. The van der Waals surface area contributed by atoms with E-state index in [9.17, 15) is 0 Å². The summed E-state index contributed by atoms with van der Waals surface area (Å²) in [4.78, 5) is 9.36. The molecular weight excluding hydrogens is 182 g/mol. The fraction of sp³-hybridized carbons (Fsp3) is 0.333. The lowest BCUT2D eigenvalue weighted by Gasteiger charge is -2.08. The highest BCUT2D eigenvalue weighted by molar-refractivity contribution is 7.98. The van der Waals surface area contributed by atoms with Crippen LogP contribution in [0, 0.1) is 0 Å². The molecule has 3 nitrogen and oxygen atoms in total. The smallest absolute Gasteiger partial charge is 0.223 e. The fourth-order valence-corrected chi connectivity index (χ4v) is 1.07. The Morgan fingerprint density at radius 1 is 1.54 bits per heavy atom. The second-order valence-corrected chi connectivity index (χ2v) is 3.49. The number of rotatable bonds is 4. The van der Waals surface area contributed by atoms with Crippen molar-refractivity contribution in [1.82, 2.24) is 9.97 Å². The van der Waals surface area contributed by atoms with E-state index in [1.165, 1.54) is 0 Å². The zero-order valence-electron chi connectivity index (χ0n) is 7.82. The van der Waals surface area contributed by atoms with Crippen LogP contribution in [0.15, 0.2) is 29.9 Å². The van der Waals surface area contributed by atoms with Crippen LogP contribution >= 0.6 is 11.8 Å². The van der Waals surface area contributed by atoms with Gasteiger partial charge >= 0.3 is 0 Å². The lowest BCUT2D eigenvalue weighted by Crippen LogP contribution is -2.13. The van der Waals surface area contributed by atoms with E-state index >= 15 is 0 Å². The fourth-order valence-electron chi connectivity index (χ4n) is 0.759. The zero-order valence-corrected chi connectivity index (χ0v) is 8.64. The van der Waals surface area contributed by atoms with Crippen molar-refractivity contribution in [2.24, 2.45) is 0 Å². The van der Waals surface area contributed by atoms with Crippen molar-refractivity contribution in [3.8, 4) is 0 Å². The number of hydrogen-bond acceptors (Lipinski definition) is 4. The summed E-state index contributed by atoms with van der Waals surface area (Å²) in [7, 11) is 0. The predicted octanol–water partition coefficient (Wildman–Crippen LogP) is 2.18. The highest BCUT2D eigenvalue weighted by Crippen LogP contribution is 2.12. The first kappa shape index (κ1) is 10.1. The van der Waals surface area contributed by atoms with E-state index in [1.807, 2.05) is 19.3 Å². The van der Waals surface area contributed by atoms with Crippen LogP contribution in [0.3, 0.4) is 0 Å². The predicted molar refractivity (Wildman–Crippen MR) is 57.1 cm³/mol. The molecule has 70 valence electrons. The molecule has 1 atom stereocenters. The van der Waals surface area contributed by atoms with Gasteiger partial charge < -0.3 is 5.32 Å². The highest BCUT2D eigenvalue weighted by Gasteiger charge is 1.98. The Bertz CT molecular complexity index is 271. The summed E-state index contributed by atoms with van der Waals surface area (Å²) in [5, 5.41) is 3.09. The number of aromatic nitrogens is 2. The Labute approximate surface area is 82.7 Å². The van der Waals surface area contributed by atoms with E-state index in [2.05, 4.69) is 21.9 Å². The Balaban J connectivity index is 2.63. The van der Waals surface area contributed by atoms with E-state index in [1.54, 1.807) is 24.2 Å². The molecule has 0 radical (unpaired) electrons. The molecule has 1 rings (SSSR count). The van der Waals surface area contributed by atoms with Crippen molar-refractivity contribution in [2.45, 2.75) is 17.9 Å². The molecule has 1 aromatic heterocycles. The van der Waals surface area contributed by atoms with E-state index in [4.69, 9.17) is 0 Å². The monoisotopic (exact) mass is 195 g/mol. The van der Waals surface area contributed by atoms with Crippen LogP contribution < -0.4 is 5.32 Å². The van der Waals surface area contributed by atoms with Gasteiger partial charge in [-0.25, -0.2) is 9.97 Å². The van der Waals surface area contributed by atoms with Gasteiger partial charge in [-0.3, -0.25) is 0 Å². The second-order valence-electron chi connectivity index (χ2n) is 2.62. The van der Waals surface area contributed by atoms with Crippen LogP contribution in [0.25, 0.3) is 0 Å². The van der Waals surface area contributed by atoms with Gasteiger partial charge in [0.1, 0.15) is 0 Å². The molecule has 1 unspecified atom stereocenters. The largest absolute Gasteiger partial charge is 0.348 e. The van der Waals surface area contributed by atoms with Crippen LogP contribution in [-0.4, -0.2) is 22.3 Å². The van der Waals surface area contributed by atoms with E-state index in [-0.39, 0.29) is 6.04 Å². The van der Waals surface area contributed by atoms with Gasteiger partial charge in [-0.2, -0.15) is 0 Å². The van der Waals surface area contributed by atoms with Gasteiger partial charge in [-0.05, 0) is 13.2 Å².